The third kappa shape index (κ3) is 2.55. The van der Waals surface area contributed by atoms with Crippen LogP contribution in [0.2, 0.25) is 0 Å². The van der Waals surface area contributed by atoms with Gasteiger partial charge in [-0.15, -0.1) is 0 Å². The summed E-state index contributed by atoms with van der Waals surface area (Å²) in [5.41, 5.74) is -0.253. The van der Waals surface area contributed by atoms with E-state index in [2.05, 4.69) is 4.98 Å². The monoisotopic (exact) mass is 309 g/mol. The molecule has 2 saturated heterocycles. The zero-order chi connectivity index (χ0) is 15.1. The molecule has 6 nitrogen and oxygen atoms in total. The number of amides is 1. The summed E-state index contributed by atoms with van der Waals surface area (Å²) < 4.78 is 25.5. The van der Waals surface area contributed by atoms with Crippen molar-refractivity contribution < 1.29 is 13.2 Å². The fourth-order valence-electron chi connectivity index (χ4n) is 3.21. The van der Waals surface area contributed by atoms with Crippen molar-refractivity contribution >= 4 is 21.7 Å². The molecular formula is C14H19N3O3S. The lowest BCUT2D eigenvalue weighted by Crippen LogP contribution is -2.35. The molecular weight excluding hydrogens is 290 g/mol. The first-order chi connectivity index (χ1) is 9.96. The highest BCUT2D eigenvalue weighted by Crippen LogP contribution is 2.42. The van der Waals surface area contributed by atoms with Gasteiger partial charge in [0.1, 0.15) is 5.82 Å². The molecule has 1 amide bonds. The average Bonchev–Trinajstić information content (AvgIpc) is 3.04. The molecule has 0 saturated carbocycles. The van der Waals surface area contributed by atoms with Gasteiger partial charge in [0.25, 0.3) is 0 Å². The van der Waals surface area contributed by atoms with Crippen LogP contribution in [0.3, 0.4) is 0 Å². The molecule has 1 atom stereocenters. The summed E-state index contributed by atoms with van der Waals surface area (Å²) in [6, 6.07) is 5.47. The van der Waals surface area contributed by atoms with Crippen molar-refractivity contribution in [3.8, 4) is 0 Å². The largest absolute Gasteiger partial charge is 0.296 e. The number of carbonyl (C=O) groups is 1. The lowest BCUT2D eigenvalue weighted by Gasteiger charge is -2.23. The molecule has 1 spiro atoms. The van der Waals surface area contributed by atoms with Crippen molar-refractivity contribution in [2.75, 3.05) is 30.3 Å². The van der Waals surface area contributed by atoms with Gasteiger partial charge in [-0.05, 0) is 25.5 Å². The zero-order valence-electron chi connectivity index (χ0n) is 12.0. The molecule has 0 aromatic carbocycles. The molecule has 1 aromatic rings. The Bertz CT molecular complexity index is 647. The second-order valence-electron chi connectivity index (χ2n) is 5.83. The van der Waals surface area contributed by atoms with Gasteiger partial charge in [-0.2, -0.15) is 0 Å². The first kappa shape index (κ1) is 14.5. The molecule has 2 aliphatic heterocycles. The van der Waals surface area contributed by atoms with E-state index in [0.717, 1.165) is 6.42 Å². The second kappa shape index (κ2) is 5.06. The minimum Gasteiger partial charge on any atom is -0.296 e. The van der Waals surface area contributed by atoms with Gasteiger partial charge in [0.2, 0.25) is 15.9 Å². The lowest BCUT2D eigenvalue weighted by atomic mass is 9.86. The summed E-state index contributed by atoms with van der Waals surface area (Å²) in [6.07, 6.45) is 2.80. The van der Waals surface area contributed by atoms with Crippen LogP contribution in [0.15, 0.2) is 24.4 Å². The van der Waals surface area contributed by atoms with E-state index in [9.17, 15) is 13.2 Å². The Kier molecular flexibility index (Phi) is 3.49. The highest BCUT2D eigenvalue weighted by molar-refractivity contribution is 7.89. The van der Waals surface area contributed by atoms with Gasteiger partial charge in [0.05, 0.1) is 5.75 Å². The number of aromatic nitrogens is 1. The summed E-state index contributed by atoms with van der Waals surface area (Å²) in [6.45, 7) is 3.16. The lowest BCUT2D eigenvalue weighted by molar-refractivity contribution is -0.117. The number of sulfonamides is 1. The quantitative estimate of drug-likeness (QED) is 0.830. The van der Waals surface area contributed by atoms with Crippen LogP contribution in [-0.2, 0) is 14.8 Å². The highest BCUT2D eigenvalue weighted by atomic mass is 32.2. The summed E-state index contributed by atoms with van der Waals surface area (Å²) in [4.78, 5) is 18.2. The molecule has 21 heavy (non-hydrogen) atoms. The van der Waals surface area contributed by atoms with Gasteiger partial charge in [0, 0.05) is 37.7 Å². The van der Waals surface area contributed by atoms with Crippen molar-refractivity contribution in [2.24, 2.45) is 5.41 Å². The van der Waals surface area contributed by atoms with Gasteiger partial charge in [-0.1, -0.05) is 6.07 Å². The predicted molar refractivity (Wildman–Crippen MR) is 79.3 cm³/mol. The number of hydrogen-bond donors (Lipinski definition) is 0. The molecule has 0 N–H and O–H groups in total. The molecule has 1 aromatic heterocycles. The van der Waals surface area contributed by atoms with Crippen molar-refractivity contribution in [1.29, 1.82) is 0 Å². The molecule has 1 unspecified atom stereocenters. The summed E-state index contributed by atoms with van der Waals surface area (Å²) in [5, 5.41) is 0. The van der Waals surface area contributed by atoms with Crippen LogP contribution in [0.5, 0.6) is 0 Å². The van der Waals surface area contributed by atoms with E-state index < -0.39 is 10.0 Å². The normalized spacial score (nSPS) is 26.9. The maximum Gasteiger partial charge on any atom is 0.228 e. The summed E-state index contributed by atoms with van der Waals surface area (Å²) >= 11 is 0. The van der Waals surface area contributed by atoms with Gasteiger partial charge in [-0.25, -0.2) is 17.7 Å². The van der Waals surface area contributed by atoms with Crippen LogP contribution >= 0.6 is 0 Å². The van der Waals surface area contributed by atoms with Crippen LogP contribution in [0, 0.1) is 5.41 Å². The van der Waals surface area contributed by atoms with E-state index in [1.165, 1.54) is 4.31 Å². The Hall–Kier alpha value is -1.47. The molecule has 7 heteroatoms. The summed E-state index contributed by atoms with van der Waals surface area (Å²) in [7, 11) is -3.17. The first-order valence-corrected chi connectivity index (χ1v) is 8.76. The van der Waals surface area contributed by atoms with Crippen molar-refractivity contribution in [1.82, 2.24) is 9.29 Å². The van der Waals surface area contributed by atoms with Crippen LogP contribution in [0.4, 0.5) is 5.82 Å². The van der Waals surface area contributed by atoms with Crippen molar-refractivity contribution in [3.05, 3.63) is 24.4 Å². The van der Waals surface area contributed by atoms with Crippen LogP contribution in [0.1, 0.15) is 19.8 Å². The van der Waals surface area contributed by atoms with Gasteiger partial charge < -0.3 is 0 Å². The van der Waals surface area contributed by atoms with E-state index in [-0.39, 0.29) is 17.1 Å². The first-order valence-electron chi connectivity index (χ1n) is 7.15. The number of carbonyl (C=O) groups excluding carboxylic acids is 1. The maximum atomic E-state index is 12.3. The van der Waals surface area contributed by atoms with Gasteiger partial charge >= 0.3 is 0 Å². The smallest absolute Gasteiger partial charge is 0.228 e. The van der Waals surface area contributed by atoms with E-state index in [1.54, 1.807) is 18.0 Å². The van der Waals surface area contributed by atoms with E-state index in [1.807, 2.05) is 18.2 Å². The molecule has 2 fully saturated rings. The Morgan fingerprint density at radius 1 is 1.33 bits per heavy atom. The van der Waals surface area contributed by atoms with Crippen molar-refractivity contribution in [2.45, 2.75) is 19.8 Å². The van der Waals surface area contributed by atoms with Crippen LogP contribution < -0.4 is 4.90 Å². The molecule has 0 aliphatic carbocycles. The topological polar surface area (TPSA) is 70.6 Å². The number of nitrogens with zero attached hydrogens (tertiary/aromatic N) is 3. The Labute approximate surface area is 124 Å². The molecule has 2 aliphatic rings. The Morgan fingerprint density at radius 2 is 2.14 bits per heavy atom. The summed E-state index contributed by atoms with van der Waals surface area (Å²) in [5.74, 6) is 0.793. The SMILES string of the molecule is CCS(=O)(=O)N1CCC2(CC(=O)N(c3ccccn3)C2)C1. The molecule has 114 valence electrons. The Balaban J connectivity index is 1.79. The third-order valence-electron chi connectivity index (χ3n) is 4.41. The minimum atomic E-state index is -3.17. The second-order valence-corrected chi connectivity index (χ2v) is 8.09. The van der Waals surface area contributed by atoms with E-state index in [0.29, 0.717) is 31.9 Å². The van der Waals surface area contributed by atoms with E-state index >= 15 is 0 Å². The standard InChI is InChI=1S/C14H19N3O3S/c1-2-21(19,20)16-8-6-14(10-16)9-13(18)17(11-14)12-5-3-4-7-15-12/h3-5,7H,2,6,8-11H2,1H3. The highest BCUT2D eigenvalue weighted by Gasteiger charge is 2.50. The number of anilines is 1. The molecule has 3 heterocycles. The fourth-order valence-corrected chi connectivity index (χ4v) is 4.41. The molecule has 0 bridgehead atoms. The predicted octanol–water partition coefficient (Wildman–Crippen LogP) is 0.860. The van der Waals surface area contributed by atoms with Crippen LogP contribution in [-0.4, -0.2) is 49.0 Å². The van der Waals surface area contributed by atoms with E-state index in [4.69, 9.17) is 0 Å². The third-order valence-corrected chi connectivity index (χ3v) is 6.24. The van der Waals surface area contributed by atoms with Gasteiger partial charge in [-0.3, -0.25) is 9.69 Å². The maximum absolute atomic E-state index is 12.3. The number of hydrogen-bond acceptors (Lipinski definition) is 4. The van der Waals surface area contributed by atoms with Crippen molar-refractivity contribution in [3.63, 3.8) is 0 Å². The minimum absolute atomic E-state index is 0.0319. The fraction of sp³-hybridized carbons (Fsp3) is 0.571. The Morgan fingerprint density at radius 3 is 2.81 bits per heavy atom. The molecule has 0 radical (unpaired) electrons. The zero-order valence-corrected chi connectivity index (χ0v) is 12.8. The number of pyridine rings is 1. The average molecular weight is 309 g/mol. The number of rotatable bonds is 3. The van der Waals surface area contributed by atoms with Gasteiger partial charge in [0.15, 0.2) is 0 Å². The molecule has 3 rings (SSSR count). The van der Waals surface area contributed by atoms with Crippen LogP contribution in [0.25, 0.3) is 0 Å².